The van der Waals surface area contributed by atoms with Crippen LogP contribution in [0, 0.1) is 6.92 Å². The zero-order valence-corrected chi connectivity index (χ0v) is 14.3. The molecule has 2 heterocycles. The first kappa shape index (κ1) is 15.9. The third kappa shape index (κ3) is 2.96. The molecule has 3 rings (SSSR count). The van der Waals surface area contributed by atoms with Gasteiger partial charge in [-0.2, -0.15) is 4.31 Å². The average molecular weight is 336 g/mol. The summed E-state index contributed by atoms with van der Waals surface area (Å²) in [4.78, 5) is 18.8. The maximum atomic E-state index is 12.6. The zero-order valence-electron chi connectivity index (χ0n) is 13.5. The van der Waals surface area contributed by atoms with Crippen LogP contribution in [-0.2, 0) is 17.1 Å². The summed E-state index contributed by atoms with van der Waals surface area (Å²) in [6.45, 7) is 3.42. The number of fused-ring (bicyclic) bond motifs is 1. The van der Waals surface area contributed by atoms with Gasteiger partial charge in [-0.05, 0) is 25.1 Å². The van der Waals surface area contributed by atoms with Crippen molar-refractivity contribution in [2.45, 2.75) is 6.92 Å². The third-order valence-electron chi connectivity index (χ3n) is 4.35. The number of hydrogen-bond donors (Lipinski definition) is 0. The fraction of sp³-hybridized carbons (Fsp3) is 0.467. The number of imidazole rings is 1. The first-order valence-corrected chi connectivity index (χ1v) is 9.29. The summed E-state index contributed by atoms with van der Waals surface area (Å²) < 4.78 is 26.4. The number of carbonyl (C=O) groups is 1. The second kappa shape index (κ2) is 5.61. The summed E-state index contributed by atoms with van der Waals surface area (Å²) in [6, 6.07) is 5.50. The second-order valence-electron chi connectivity index (χ2n) is 5.88. The van der Waals surface area contributed by atoms with Crippen LogP contribution in [0.3, 0.4) is 0 Å². The normalized spacial score (nSPS) is 16.9. The lowest BCUT2D eigenvalue weighted by molar-refractivity contribution is 0.0698. The Labute approximate surface area is 135 Å². The lowest BCUT2D eigenvalue weighted by Crippen LogP contribution is -2.50. The summed E-state index contributed by atoms with van der Waals surface area (Å²) in [5.74, 6) is 0.815. The fourth-order valence-corrected chi connectivity index (χ4v) is 3.69. The largest absolute Gasteiger partial charge is 0.336 e. The maximum absolute atomic E-state index is 12.6. The number of benzene rings is 1. The highest BCUT2D eigenvalue weighted by Gasteiger charge is 2.26. The van der Waals surface area contributed by atoms with Crippen molar-refractivity contribution in [2.75, 3.05) is 32.4 Å². The van der Waals surface area contributed by atoms with Crippen LogP contribution in [0.15, 0.2) is 18.2 Å². The minimum atomic E-state index is -3.19. The first-order valence-electron chi connectivity index (χ1n) is 7.45. The minimum Gasteiger partial charge on any atom is -0.336 e. The molecule has 0 spiro atoms. The molecular weight excluding hydrogens is 316 g/mol. The summed E-state index contributed by atoms with van der Waals surface area (Å²) >= 11 is 0. The van der Waals surface area contributed by atoms with E-state index in [-0.39, 0.29) is 5.91 Å². The molecule has 0 N–H and O–H groups in total. The topological polar surface area (TPSA) is 75.5 Å². The Kier molecular flexibility index (Phi) is 3.89. The number of sulfonamides is 1. The highest BCUT2D eigenvalue weighted by molar-refractivity contribution is 7.88. The van der Waals surface area contributed by atoms with Gasteiger partial charge < -0.3 is 9.47 Å². The molecule has 2 aromatic rings. The maximum Gasteiger partial charge on any atom is 0.254 e. The van der Waals surface area contributed by atoms with Crippen molar-refractivity contribution in [3.05, 3.63) is 29.6 Å². The SMILES string of the molecule is Cc1nc2cc(C(=O)N3CCN(S(C)(=O)=O)CC3)ccc2n1C. The van der Waals surface area contributed by atoms with Crippen LogP contribution < -0.4 is 0 Å². The smallest absolute Gasteiger partial charge is 0.254 e. The van der Waals surface area contributed by atoms with Gasteiger partial charge >= 0.3 is 0 Å². The van der Waals surface area contributed by atoms with Gasteiger partial charge in [0, 0.05) is 38.8 Å². The van der Waals surface area contributed by atoms with E-state index < -0.39 is 10.0 Å². The van der Waals surface area contributed by atoms with Crippen molar-refractivity contribution in [2.24, 2.45) is 7.05 Å². The minimum absolute atomic E-state index is 0.0802. The van der Waals surface area contributed by atoms with Gasteiger partial charge in [0.2, 0.25) is 10.0 Å². The molecule has 1 aromatic carbocycles. The van der Waals surface area contributed by atoms with Gasteiger partial charge in [-0.1, -0.05) is 0 Å². The number of aromatic nitrogens is 2. The lowest BCUT2D eigenvalue weighted by Gasteiger charge is -2.33. The van der Waals surface area contributed by atoms with Gasteiger partial charge in [-0.25, -0.2) is 13.4 Å². The number of carbonyl (C=O) groups excluding carboxylic acids is 1. The molecule has 23 heavy (non-hydrogen) atoms. The van der Waals surface area contributed by atoms with Crippen molar-refractivity contribution < 1.29 is 13.2 Å². The molecular formula is C15H20N4O3S. The fourth-order valence-electron chi connectivity index (χ4n) is 2.86. The van der Waals surface area contributed by atoms with Crippen LogP contribution in [0.25, 0.3) is 11.0 Å². The zero-order chi connectivity index (χ0) is 16.8. The number of aryl methyl sites for hydroxylation is 2. The number of hydrogen-bond acceptors (Lipinski definition) is 4. The molecule has 0 unspecified atom stereocenters. The number of nitrogens with zero attached hydrogens (tertiary/aromatic N) is 4. The molecule has 1 aliphatic rings. The van der Waals surface area contributed by atoms with Crippen LogP contribution in [-0.4, -0.2) is 65.5 Å². The van der Waals surface area contributed by atoms with Crippen molar-refractivity contribution in [1.82, 2.24) is 18.8 Å². The highest BCUT2D eigenvalue weighted by atomic mass is 32.2. The Morgan fingerprint density at radius 3 is 2.43 bits per heavy atom. The molecule has 0 aliphatic carbocycles. The van der Waals surface area contributed by atoms with E-state index in [0.717, 1.165) is 16.9 Å². The van der Waals surface area contributed by atoms with E-state index in [0.29, 0.717) is 31.7 Å². The molecule has 0 radical (unpaired) electrons. The van der Waals surface area contributed by atoms with Crippen LogP contribution in [0.5, 0.6) is 0 Å². The molecule has 0 bridgehead atoms. The Morgan fingerprint density at radius 2 is 1.83 bits per heavy atom. The average Bonchev–Trinajstić information content (AvgIpc) is 2.80. The summed E-state index contributed by atoms with van der Waals surface area (Å²) in [7, 11) is -1.25. The summed E-state index contributed by atoms with van der Waals surface area (Å²) in [5, 5.41) is 0. The summed E-state index contributed by atoms with van der Waals surface area (Å²) in [6.07, 6.45) is 1.20. The molecule has 7 nitrogen and oxygen atoms in total. The molecule has 1 aromatic heterocycles. The van der Waals surface area contributed by atoms with Gasteiger partial charge in [0.1, 0.15) is 5.82 Å². The van der Waals surface area contributed by atoms with Crippen molar-refractivity contribution >= 4 is 27.0 Å². The molecule has 8 heteroatoms. The van der Waals surface area contributed by atoms with Crippen molar-refractivity contribution in [3.63, 3.8) is 0 Å². The van der Waals surface area contributed by atoms with E-state index in [9.17, 15) is 13.2 Å². The molecule has 1 fully saturated rings. The molecule has 124 valence electrons. The van der Waals surface area contributed by atoms with Crippen molar-refractivity contribution in [3.8, 4) is 0 Å². The first-order chi connectivity index (χ1) is 10.8. The van der Waals surface area contributed by atoms with E-state index in [2.05, 4.69) is 4.98 Å². The van der Waals surface area contributed by atoms with Gasteiger partial charge in [-0.15, -0.1) is 0 Å². The van der Waals surface area contributed by atoms with Crippen LogP contribution in [0.2, 0.25) is 0 Å². The molecule has 1 aliphatic heterocycles. The molecule has 0 saturated carbocycles. The van der Waals surface area contributed by atoms with E-state index >= 15 is 0 Å². The third-order valence-corrected chi connectivity index (χ3v) is 5.65. The highest BCUT2D eigenvalue weighted by Crippen LogP contribution is 2.18. The molecule has 1 saturated heterocycles. The standard InChI is InChI=1S/C15H20N4O3S/c1-11-16-13-10-12(4-5-14(13)17(11)2)15(20)18-6-8-19(9-7-18)23(3,21)22/h4-5,10H,6-9H2,1-3H3. The van der Waals surface area contributed by atoms with Crippen LogP contribution in [0.4, 0.5) is 0 Å². The van der Waals surface area contributed by atoms with E-state index in [1.54, 1.807) is 17.0 Å². The van der Waals surface area contributed by atoms with Gasteiger partial charge in [0.25, 0.3) is 5.91 Å². The van der Waals surface area contributed by atoms with Gasteiger partial charge in [0.05, 0.1) is 17.3 Å². The number of amides is 1. The van der Waals surface area contributed by atoms with Crippen LogP contribution in [0.1, 0.15) is 16.2 Å². The van der Waals surface area contributed by atoms with E-state index in [1.165, 1.54) is 10.6 Å². The number of rotatable bonds is 2. The quantitative estimate of drug-likeness (QED) is 0.805. The predicted octanol–water partition coefficient (Wildman–Crippen LogP) is 0.599. The second-order valence-corrected chi connectivity index (χ2v) is 7.86. The number of piperazine rings is 1. The Bertz CT molecular complexity index is 864. The van der Waals surface area contributed by atoms with E-state index in [4.69, 9.17) is 0 Å². The Hall–Kier alpha value is -1.93. The van der Waals surface area contributed by atoms with E-state index in [1.807, 2.05) is 24.6 Å². The monoisotopic (exact) mass is 336 g/mol. The van der Waals surface area contributed by atoms with Crippen molar-refractivity contribution in [1.29, 1.82) is 0 Å². The summed E-state index contributed by atoms with van der Waals surface area (Å²) in [5.41, 5.74) is 2.37. The predicted molar refractivity (Wildman–Crippen MR) is 87.8 cm³/mol. The Balaban J connectivity index is 1.79. The van der Waals surface area contributed by atoms with Gasteiger partial charge in [-0.3, -0.25) is 4.79 Å². The molecule has 0 atom stereocenters. The van der Waals surface area contributed by atoms with Gasteiger partial charge in [0.15, 0.2) is 0 Å². The Morgan fingerprint density at radius 1 is 1.17 bits per heavy atom. The molecule has 1 amide bonds. The lowest BCUT2D eigenvalue weighted by atomic mass is 10.1. The van der Waals surface area contributed by atoms with Crippen LogP contribution >= 0.6 is 0 Å².